The van der Waals surface area contributed by atoms with Crippen LogP contribution < -0.4 is 9.64 Å². The molecule has 2 aliphatic heterocycles. The van der Waals surface area contributed by atoms with Crippen LogP contribution in [0.5, 0.6) is 5.75 Å². The van der Waals surface area contributed by atoms with E-state index in [0.29, 0.717) is 11.5 Å². The zero-order valence-corrected chi connectivity index (χ0v) is 18.3. The van der Waals surface area contributed by atoms with Gasteiger partial charge in [0.2, 0.25) is 0 Å². The number of carbonyl (C=O) groups is 1. The van der Waals surface area contributed by atoms with Crippen molar-refractivity contribution >= 4 is 34.6 Å². The van der Waals surface area contributed by atoms with Gasteiger partial charge in [0.05, 0.1) is 11.5 Å². The number of hydrogen-bond acceptors (Lipinski definition) is 5. The molecule has 0 spiro atoms. The van der Waals surface area contributed by atoms with Gasteiger partial charge in [0.15, 0.2) is 5.17 Å². The van der Waals surface area contributed by atoms with Crippen LogP contribution in [0.3, 0.4) is 0 Å². The monoisotopic (exact) mass is 421 g/mol. The lowest BCUT2D eigenvalue weighted by Gasteiger charge is -2.37. The molecule has 0 radical (unpaired) electrons. The molecule has 0 bridgehead atoms. The van der Waals surface area contributed by atoms with E-state index < -0.39 is 0 Å². The first kappa shape index (κ1) is 20.5. The van der Waals surface area contributed by atoms with Crippen molar-refractivity contribution in [1.82, 2.24) is 4.90 Å². The first-order valence-electron chi connectivity index (χ1n) is 10.5. The summed E-state index contributed by atoms with van der Waals surface area (Å²) < 4.78 is 5.82. The third-order valence-corrected chi connectivity index (χ3v) is 6.33. The van der Waals surface area contributed by atoms with Gasteiger partial charge in [0.1, 0.15) is 5.75 Å². The number of hydrogen-bond donors (Lipinski definition) is 0. The maximum Gasteiger partial charge on any atom is 0.286 e. The van der Waals surface area contributed by atoms with Gasteiger partial charge in [-0.2, -0.15) is 4.99 Å². The van der Waals surface area contributed by atoms with E-state index in [1.807, 2.05) is 30.3 Å². The molecule has 0 aromatic heterocycles. The molecule has 0 N–H and O–H groups in total. The predicted molar refractivity (Wildman–Crippen MR) is 125 cm³/mol. The van der Waals surface area contributed by atoms with Crippen molar-refractivity contribution in [3.63, 3.8) is 0 Å². The zero-order chi connectivity index (χ0) is 20.9. The highest BCUT2D eigenvalue weighted by Crippen LogP contribution is 2.33. The minimum Gasteiger partial charge on any atom is -0.493 e. The van der Waals surface area contributed by atoms with E-state index in [1.54, 1.807) is 0 Å². The summed E-state index contributed by atoms with van der Waals surface area (Å²) in [6, 6.07) is 16.3. The van der Waals surface area contributed by atoms with Crippen LogP contribution in [-0.4, -0.2) is 48.8 Å². The van der Waals surface area contributed by atoms with Crippen molar-refractivity contribution < 1.29 is 9.53 Å². The first-order valence-corrected chi connectivity index (χ1v) is 11.3. The Labute approximate surface area is 182 Å². The molecular formula is C24H27N3O2S. The molecule has 6 heteroatoms. The Balaban J connectivity index is 1.42. The third-order valence-electron chi connectivity index (χ3n) is 5.28. The Morgan fingerprint density at radius 2 is 1.73 bits per heavy atom. The van der Waals surface area contributed by atoms with Gasteiger partial charge in [-0.15, -0.1) is 0 Å². The first-order chi connectivity index (χ1) is 14.7. The summed E-state index contributed by atoms with van der Waals surface area (Å²) in [5.41, 5.74) is 3.50. The number of piperazine rings is 1. The fourth-order valence-electron chi connectivity index (χ4n) is 3.67. The lowest BCUT2D eigenvalue weighted by atomic mass is 10.1. The average molecular weight is 422 g/mol. The lowest BCUT2D eigenvalue weighted by Crippen LogP contribution is -2.48. The van der Waals surface area contributed by atoms with Crippen LogP contribution in [0.1, 0.15) is 24.5 Å². The topological polar surface area (TPSA) is 45.1 Å². The largest absolute Gasteiger partial charge is 0.493 e. The van der Waals surface area contributed by atoms with Gasteiger partial charge in [-0.3, -0.25) is 4.79 Å². The molecule has 4 rings (SSSR count). The number of ether oxygens (including phenoxy) is 1. The minimum absolute atomic E-state index is 0.165. The quantitative estimate of drug-likeness (QED) is 0.662. The number of amides is 1. The molecule has 2 aliphatic rings. The van der Waals surface area contributed by atoms with Crippen molar-refractivity contribution in [2.24, 2.45) is 4.99 Å². The second-order valence-electron chi connectivity index (χ2n) is 7.46. The second-order valence-corrected chi connectivity index (χ2v) is 8.47. The number of thioether (sulfide) groups is 1. The Bertz CT molecular complexity index is 978. The number of nitrogens with zero attached hydrogens (tertiary/aromatic N) is 3. The van der Waals surface area contributed by atoms with Crippen LogP contribution in [-0.2, 0) is 4.79 Å². The molecule has 30 heavy (non-hydrogen) atoms. The fraction of sp³-hybridized carbons (Fsp3) is 0.333. The summed E-state index contributed by atoms with van der Waals surface area (Å²) in [6.45, 7) is 8.45. The molecule has 0 aliphatic carbocycles. The summed E-state index contributed by atoms with van der Waals surface area (Å²) >= 11 is 1.47. The molecule has 0 atom stereocenters. The van der Waals surface area contributed by atoms with Gasteiger partial charge >= 0.3 is 0 Å². The number of carbonyl (C=O) groups excluding carboxylic acids is 1. The summed E-state index contributed by atoms with van der Waals surface area (Å²) in [7, 11) is 0. The van der Waals surface area contributed by atoms with E-state index in [9.17, 15) is 4.79 Å². The standard InChI is InChI=1S/C24H27N3O2S/c1-3-16-29-21-11-7-5-9-19(21)17-22-23(28)25-24(30-22)27-14-12-26(13-15-27)20-10-6-4-8-18(20)2/h4-11,17H,3,12-16H2,1-2H3/b22-17+. The van der Waals surface area contributed by atoms with E-state index in [4.69, 9.17) is 4.74 Å². The van der Waals surface area contributed by atoms with Crippen LogP contribution in [0.4, 0.5) is 5.69 Å². The van der Waals surface area contributed by atoms with E-state index in [1.165, 1.54) is 23.0 Å². The second kappa shape index (κ2) is 9.39. The number of aryl methyl sites for hydroxylation is 1. The summed E-state index contributed by atoms with van der Waals surface area (Å²) in [5, 5.41) is 0.808. The molecule has 2 heterocycles. The Morgan fingerprint density at radius 3 is 2.50 bits per heavy atom. The Hall–Kier alpha value is -2.73. The molecule has 0 saturated carbocycles. The number of para-hydroxylation sites is 2. The van der Waals surface area contributed by atoms with E-state index >= 15 is 0 Å². The van der Waals surface area contributed by atoms with Crippen molar-refractivity contribution in [2.75, 3.05) is 37.7 Å². The molecule has 2 aromatic rings. The molecule has 0 unspecified atom stereocenters. The van der Waals surface area contributed by atoms with Gasteiger partial charge in [-0.05, 0) is 48.9 Å². The van der Waals surface area contributed by atoms with Crippen molar-refractivity contribution in [1.29, 1.82) is 0 Å². The third kappa shape index (κ3) is 4.54. The minimum atomic E-state index is -0.165. The fourth-order valence-corrected chi connectivity index (χ4v) is 4.63. The van der Waals surface area contributed by atoms with Crippen LogP contribution in [0.15, 0.2) is 58.4 Å². The van der Waals surface area contributed by atoms with Gasteiger partial charge in [-0.1, -0.05) is 43.3 Å². The van der Waals surface area contributed by atoms with Gasteiger partial charge in [0.25, 0.3) is 5.91 Å². The predicted octanol–water partition coefficient (Wildman–Crippen LogP) is 4.58. The Kier molecular flexibility index (Phi) is 6.43. The van der Waals surface area contributed by atoms with Gasteiger partial charge < -0.3 is 14.5 Å². The number of aliphatic imine (C=N–C) groups is 1. The molecule has 2 aromatic carbocycles. The van der Waals surface area contributed by atoms with Crippen molar-refractivity contribution in [2.45, 2.75) is 20.3 Å². The molecule has 1 amide bonds. The van der Waals surface area contributed by atoms with E-state index in [2.05, 4.69) is 52.9 Å². The van der Waals surface area contributed by atoms with E-state index in [-0.39, 0.29) is 5.91 Å². The van der Waals surface area contributed by atoms with E-state index in [0.717, 1.165) is 49.1 Å². The van der Waals surface area contributed by atoms with Gasteiger partial charge in [-0.25, -0.2) is 0 Å². The highest BCUT2D eigenvalue weighted by atomic mass is 32.2. The molecule has 156 valence electrons. The van der Waals surface area contributed by atoms with Crippen molar-refractivity contribution in [3.05, 3.63) is 64.6 Å². The smallest absolute Gasteiger partial charge is 0.286 e. The maximum atomic E-state index is 12.5. The van der Waals surface area contributed by atoms with Gasteiger partial charge in [0, 0.05) is 37.4 Å². The summed E-state index contributed by atoms with van der Waals surface area (Å²) in [5.74, 6) is 0.641. The summed E-state index contributed by atoms with van der Waals surface area (Å²) in [6.07, 6.45) is 2.85. The number of anilines is 1. The van der Waals surface area contributed by atoms with Crippen LogP contribution >= 0.6 is 11.8 Å². The highest BCUT2D eigenvalue weighted by Gasteiger charge is 2.29. The molecular weight excluding hydrogens is 394 g/mol. The SMILES string of the molecule is CCCOc1ccccc1/C=C1/SC(N2CCN(c3ccccc3C)CC2)=NC1=O. The highest BCUT2D eigenvalue weighted by molar-refractivity contribution is 8.18. The molecule has 5 nitrogen and oxygen atoms in total. The number of rotatable bonds is 5. The van der Waals surface area contributed by atoms with Crippen LogP contribution in [0, 0.1) is 6.92 Å². The Morgan fingerprint density at radius 1 is 1.03 bits per heavy atom. The normalized spacial score (nSPS) is 18.1. The van der Waals surface area contributed by atoms with Crippen LogP contribution in [0.25, 0.3) is 6.08 Å². The lowest BCUT2D eigenvalue weighted by molar-refractivity contribution is -0.113. The van der Waals surface area contributed by atoms with Crippen LogP contribution in [0.2, 0.25) is 0 Å². The summed E-state index contributed by atoms with van der Waals surface area (Å²) in [4.78, 5) is 22.1. The average Bonchev–Trinajstić information content (AvgIpc) is 3.14. The van der Waals surface area contributed by atoms with Crippen molar-refractivity contribution in [3.8, 4) is 5.75 Å². The molecule has 1 saturated heterocycles. The maximum absolute atomic E-state index is 12.5. The molecule has 1 fully saturated rings. The number of benzene rings is 2. The number of amidine groups is 1. The zero-order valence-electron chi connectivity index (χ0n) is 17.5.